The molecule has 3 heteroatoms. The van der Waals surface area contributed by atoms with Crippen molar-refractivity contribution < 1.29 is 0 Å². The second-order valence-electron chi connectivity index (χ2n) is 5.13. The maximum atomic E-state index is 6.10. The summed E-state index contributed by atoms with van der Waals surface area (Å²) in [7, 11) is 2.25. The van der Waals surface area contributed by atoms with Gasteiger partial charge < -0.3 is 10.2 Å². The Morgan fingerprint density at radius 2 is 1.93 bits per heavy atom. The monoisotopic (exact) mass is 230 g/mol. The summed E-state index contributed by atoms with van der Waals surface area (Å²) in [6, 6.07) is 1.51. The number of rotatable bonds is 3. The average Bonchev–Trinajstić information content (AvgIpc) is 2.63. The topological polar surface area (TPSA) is 15.3 Å². The first-order valence-electron chi connectivity index (χ1n) is 6.33. The maximum Gasteiger partial charge on any atom is 0.0337 e. The number of likely N-dealkylation sites (tertiary alicyclic amines) is 1. The molecule has 1 heterocycles. The smallest absolute Gasteiger partial charge is 0.0337 e. The summed E-state index contributed by atoms with van der Waals surface area (Å²) in [6.07, 6.45) is 7.67. The molecule has 2 rings (SSSR count). The van der Waals surface area contributed by atoms with E-state index in [2.05, 4.69) is 17.3 Å². The third-order valence-electron chi connectivity index (χ3n) is 3.97. The molecule has 2 nitrogen and oxygen atoms in total. The van der Waals surface area contributed by atoms with E-state index >= 15 is 0 Å². The van der Waals surface area contributed by atoms with Crippen molar-refractivity contribution >= 4 is 11.6 Å². The first-order chi connectivity index (χ1) is 7.25. The highest BCUT2D eigenvalue weighted by Crippen LogP contribution is 2.23. The number of hydrogen-bond acceptors (Lipinski definition) is 2. The molecule has 88 valence electrons. The van der Waals surface area contributed by atoms with Gasteiger partial charge in [0, 0.05) is 24.0 Å². The van der Waals surface area contributed by atoms with Crippen LogP contribution in [0.15, 0.2) is 0 Å². The molecule has 0 radical (unpaired) electrons. The van der Waals surface area contributed by atoms with E-state index in [1.165, 1.54) is 51.6 Å². The molecular formula is C12H23ClN2. The Kier molecular flexibility index (Phi) is 4.30. The van der Waals surface area contributed by atoms with Gasteiger partial charge in [-0.05, 0) is 52.1 Å². The summed E-state index contributed by atoms with van der Waals surface area (Å²) >= 11 is 6.10. The fourth-order valence-electron chi connectivity index (χ4n) is 2.80. The van der Waals surface area contributed by atoms with E-state index in [1.807, 2.05) is 0 Å². The van der Waals surface area contributed by atoms with Gasteiger partial charge in [-0.25, -0.2) is 0 Å². The number of likely N-dealkylation sites (N-methyl/N-ethyl adjacent to an activating group) is 1. The number of alkyl halides is 1. The van der Waals surface area contributed by atoms with Crippen molar-refractivity contribution in [2.45, 2.75) is 56.0 Å². The van der Waals surface area contributed by atoms with E-state index in [9.17, 15) is 0 Å². The molecule has 0 aromatic heterocycles. The van der Waals surface area contributed by atoms with Crippen LogP contribution in [0, 0.1) is 0 Å². The van der Waals surface area contributed by atoms with Crippen molar-refractivity contribution in [3.05, 3.63) is 0 Å². The minimum Gasteiger partial charge on any atom is -0.312 e. The second kappa shape index (κ2) is 5.51. The molecule has 1 saturated heterocycles. The zero-order chi connectivity index (χ0) is 10.7. The summed E-state index contributed by atoms with van der Waals surface area (Å²) in [5.41, 5.74) is 0. The maximum absolute atomic E-state index is 6.10. The van der Waals surface area contributed by atoms with Gasteiger partial charge in [-0.1, -0.05) is 0 Å². The third kappa shape index (κ3) is 3.33. The van der Waals surface area contributed by atoms with Crippen LogP contribution in [0.1, 0.15) is 38.5 Å². The lowest BCUT2D eigenvalue weighted by atomic mass is 9.95. The molecule has 0 aromatic carbocycles. The molecular weight excluding hydrogens is 208 g/mol. The predicted molar refractivity (Wildman–Crippen MR) is 65.6 cm³/mol. The highest BCUT2D eigenvalue weighted by molar-refractivity contribution is 6.20. The molecule has 0 aromatic rings. The minimum absolute atomic E-state index is 0.442. The largest absolute Gasteiger partial charge is 0.312 e. The number of nitrogens with one attached hydrogen (secondary N) is 1. The molecule has 0 spiro atoms. The summed E-state index contributed by atoms with van der Waals surface area (Å²) in [6.45, 7) is 2.45. The Labute approximate surface area is 98.4 Å². The summed E-state index contributed by atoms with van der Waals surface area (Å²) < 4.78 is 0. The van der Waals surface area contributed by atoms with Gasteiger partial charge in [-0.15, -0.1) is 11.6 Å². The first kappa shape index (κ1) is 11.7. The normalized spacial score (nSPS) is 38.4. The second-order valence-corrected chi connectivity index (χ2v) is 5.75. The molecule has 0 bridgehead atoms. The van der Waals surface area contributed by atoms with Crippen molar-refractivity contribution in [2.75, 3.05) is 20.1 Å². The van der Waals surface area contributed by atoms with Gasteiger partial charge in [0.15, 0.2) is 0 Å². The lowest BCUT2D eigenvalue weighted by Crippen LogP contribution is -2.41. The van der Waals surface area contributed by atoms with Gasteiger partial charge in [-0.3, -0.25) is 0 Å². The van der Waals surface area contributed by atoms with Crippen LogP contribution in [0.4, 0.5) is 0 Å². The molecule has 2 fully saturated rings. The van der Waals surface area contributed by atoms with E-state index < -0.39 is 0 Å². The van der Waals surface area contributed by atoms with E-state index in [1.54, 1.807) is 0 Å². The first-order valence-corrected chi connectivity index (χ1v) is 6.77. The van der Waals surface area contributed by atoms with Crippen LogP contribution in [-0.2, 0) is 0 Å². The van der Waals surface area contributed by atoms with Crippen LogP contribution in [0.2, 0.25) is 0 Å². The van der Waals surface area contributed by atoms with E-state index in [4.69, 9.17) is 11.6 Å². The SMILES string of the molecule is CN1CCCC1CNC1CCC(Cl)CC1. The lowest BCUT2D eigenvalue weighted by molar-refractivity contribution is 0.277. The zero-order valence-electron chi connectivity index (χ0n) is 9.71. The molecule has 1 unspecified atom stereocenters. The van der Waals surface area contributed by atoms with Crippen LogP contribution in [0.25, 0.3) is 0 Å². The van der Waals surface area contributed by atoms with E-state index in [-0.39, 0.29) is 0 Å². The van der Waals surface area contributed by atoms with Crippen LogP contribution < -0.4 is 5.32 Å². The molecule has 0 amide bonds. The van der Waals surface area contributed by atoms with Crippen LogP contribution >= 0.6 is 11.6 Å². The summed E-state index contributed by atoms with van der Waals surface area (Å²) in [5.74, 6) is 0. The van der Waals surface area contributed by atoms with Crippen molar-refractivity contribution in [1.29, 1.82) is 0 Å². The highest BCUT2D eigenvalue weighted by Gasteiger charge is 2.23. The van der Waals surface area contributed by atoms with Gasteiger partial charge in [0.2, 0.25) is 0 Å². The van der Waals surface area contributed by atoms with Gasteiger partial charge in [0.05, 0.1) is 0 Å². The molecule has 1 aliphatic carbocycles. The summed E-state index contributed by atoms with van der Waals surface area (Å²) in [4.78, 5) is 2.49. The van der Waals surface area contributed by atoms with Crippen LogP contribution in [0.5, 0.6) is 0 Å². The van der Waals surface area contributed by atoms with Crippen molar-refractivity contribution in [3.63, 3.8) is 0 Å². The predicted octanol–water partition coefficient (Wildman–Crippen LogP) is 2.22. The number of hydrogen-bond donors (Lipinski definition) is 1. The van der Waals surface area contributed by atoms with Gasteiger partial charge in [0.1, 0.15) is 0 Å². The molecule has 1 aliphatic heterocycles. The standard InChI is InChI=1S/C12H23ClN2/c1-15-8-2-3-12(15)9-14-11-6-4-10(13)5-7-11/h10-12,14H,2-9H2,1H3. The molecule has 1 N–H and O–H groups in total. The van der Waals surface area contributed by atoms with Crippen molar-refractivity contribution in [2.24, 2.45) is 0 Å². The van der Waals surface area contributed by atoms with Crippen LogP contribution in [0.3, 0.4) is 0 Å². The highest BCUT2D eigenvalue weighted by atomic mass is 35.5. The van der Waals surface area contributed by atoms with Crippen molar-refractivity contribution in [3.8, 4) is 0 Å². The zero-order valence-corrected chi connectivity index (χ0v) is 10.5. The van der Waals surface area contributed by atoms with E-state index in [0.717, 1.165) is 12.1 Å². The average molecular weight is 231 g/mol. The van der Waals surface area contributed by atoms with E-state index in [0.29, 0.717) is 5.38 Å². The summed E-state index contributed by atoms with van der Waals surface area (Å²) in [5, 5.41) is 4.16. The fourth-order valence-corrected chi connectivity index (χ4v) is 3.05. The fraction of sp³-hybridized carbons (Fsp3) is 1.00. The van der Waals surface area contributed by atoms with Gasteiger partial charge in [-0.2, -0.15) is 0 Å². The quantitative estimate of drug-likeness (QED) is 0.749. The van der Waals surface area contributed by atoms with Crippen molar-refractivity contribution in [1.82, 2.24) is 10.2 Å². The third-order valence-corrected chi connectivity index (χ3v) is 4.41. The molecule has 15 heavy (non-hydrogen) atoms. The Morgan fingerprint density at radius 1 is 1.20 bits per heavy atom. The Hall–Kier alpha value is 0.210. The number of nitrogens with zero attached hydrogens (tertiary/aromatic N) is 1. The lowest BCUT2D eigenvalue weighted by Gasteiger charge is -2.28. The molecule has 1 atom stereocenters. The minimum atomic E-state index is 0.442. The Morgan fingerprint density at radius 3 is 2.53 bits per heavy atom. The molecule has 1 saturated carbocycles. The van der Waals surface area contributed by atoms with Crippen LogP contribution in [-0.4, -0.2) is 42.5 Å². The van der Waals surface area contributed by atoms with Gasteiger partial charge in [0.25, 0.3) is 0 Å². The van der Waals surface area contributed by atoms with Gasteiger partial charge >= 0.3 is 0 Å². The number of halogens is 1. The Bertz CT molecular complexity index is 190. The Balaban J connectivity index is 1.65. The molecule has 2 aliphatic rings.